The third-order valence-electron chi connectivity index (χ3n) is 6.11. The minimum Gasteiger partial charge on any atom is -0.470 e. The number of ether oxygens (including phenoxy) is 3. The lowest BCUT2D eigenvalue weighted by Gasteiger charge is -2.16. The molecule has 6 nitrogen and oxygen atoms in total. The van der Waals surface area contributed by atoms with E-state index < -0.39 is 17.7 Å². The Morgan fingerprint density at radius 1 is 1.19 bits per heavy atom. The number of hydrogen-bond acceptors (Lipinski definition) is 5. The number of aliphatic hydroxyl groups excluding tert-OH is 1. The van der Waals surface area contributed by atoms with Crippen LogP contribution in [0.4, 0.5) is 8.78 Å². The van der Waals surface area contributed by atoms with E-state index in [0.29, 0.717) is 35.5 Å². The van der Waals surface area contributed by atoms with Crippen molar-refractivity contribution in [1.29, 1.82) is 0 Å². The molecule has 4 atom stereocenters. The standard InChI is InChI=1S/C24H24F2N2O4/c1-3-12(4-2)13-7-14(25)22(15(26)8-13)17-6-5-16-18(27-17)9-21(28-16)32-20-11-31-23-19(29)10-30-24(20)23/h3,5-9,19-20,23-24,28-29H,4,10-11H2,1-2H3/t19-,20-,23?,24-/m1/s1. The van der Waals surface area contributed by atoms with Crippen molar-refractivity contribution in [1.82, 2.24) is 9.97 Å². The van der Waals surface area contributed by atoms with Gasteiger partial charge in [0, 0.05) is 6.07 Å². The number of nitrogens with zero attached hydrogens (tertiary/aromatic N) is 1. The summed E-state index contributed by atoms with van der Waals surface area (Å²) in [6, 6.07) is 7.66. The smallest absolute Gasteiger partial charge is 0.193 e. The van der Waals surface area contributed by atoms with Gasteiger partial charge in [-0.3, -0.25) is 0 Å². The maximum Gasteiger partial charge on any atom is 0.193 e. The van der Waals surface area contributed by atoms with Crippen LogP contribution in [0.25, 0.3) is 27.9 Å². The molecule has 3 aromatic rings. The van der Waals surface area contributed by atoms with Gasteiger partial charge in [-0.05, 0) is 48.7 Å². The number of fused-ring (bicyclic) bond motifs is 2. The Morgan fingerprint density at radius 3 is 2.66 bits per heavy atom. The molecule has 0 radical (unpaired) electrons. The molecule has 0 amide bonds. The molecule has 2 aliphatic heterocycles. The number of benzene rings is 1. The third-order valence-corrected chi connectivity index (χ3v) is 6.11. The Kier molecular flexibility index (Phi) is 5.44. The quantitative estimate of drug-likeness (QED) is 0.619. The lowest BCUT2D eigenvalue weighted by atomic mass is 9.99. The summed E-state index contributed by atoms with van der Waals surface area (Å²) < 4.78 is 46.9. The summed E-state index contributed by atoms with van der Waals surface area (Å²) in [6.07, 6.45) is 0.784. The molecule has 2 fully saturated rings. The molecular formula is C24H24F2N2O4. The maximum atomic E-state index is 14.9. The summed E-state index contributed by atoms with van der Waals surface area (Å²) in [5.41, 5.74) is 2.64. The van der Waals surface area contributed by atoms with Gasteiger partial charge in [0.05, 0.1) is 35.5 Å². The van der Waals surface area contributed by atoms with Crippen LogP contribution in [0.15, 0.2) is 36.4 Å². The fourth-order valence-corrected chi connectivity index (χ4v) is 4.47. The first kappa shape index (κ1) is 21.1. The van der Waals surface area contributed by atoms with E-state index in [0.717, 1.165) is 5.57 Å². The van der Waals surface area contributed by atoms with Crippen LogP contribution in [0.2, 0.25) is 0 Å². The van der Waals surface area contributed by atoms with Crippen molar-refractivity contribution >= 4 is 16.6 Å². The Morgan fingerprint density at radius 2 is 1.94 bits per heavy atom. The molecule has 8 heteroatoms. The molecule has 32 heavy (non-hydrogen) atoms. The summed E-state index contributed by atoms with van der Waals surface area (Å²) in [5.74, 6) is -0.864. The van der Waals surface area contributed by atoms with Crippen molar-refractivity contribution in [2.24, 2.45) is 0 Å². The zero-order valence-corrected chi connectivity index (χ0v) is 17.8. The lowest BCUT2D eigenvalue weighted by Crippen LogP contribution is -2.34. The molecule has 1 aromatic carbocycles. The fourth-order valence-electron chi connectivity index (χ4n) is 4.47. The molecule has 0 aliphatic carbocycles. The molecule has 2 saturated heterocycles. The SMILES string of the molecule is CC=C(CC)c1cc(F)c(-c2ccc3[nH]c(O[C@@H]4COC5[C@H](O)CO[C@@H]54)cc3n2)c(F)c1. The topological polar surface area (TPSA) is 76.6 Å². The van der Waals surface area contributed by atoms with Gasteiger partial charge >= 0.3 is 0 Å². The Balaban J connectivity index is 1.42. The normalized spacial score (nSPS) is 25.5. The van der Waals surface area contributed by atoms with Crippen LogP contribution in [0, 0.1) is 11.6 Å². The number of rotatable bonds is 5. The number of aromatic amines is 1. The van der Waals surface area contributed by atoms with Crippen LogP contribution >= 0.6 is 0 Å². The third kappa shape index (κ3) is 3.58. The second kappa shape index (κ2) is 8.27. The second-order valence-electron chi connectivity index (χ2n) is 8.06. The van der Waals surface area contributed by atoms with E-state index in [-0.39, 0.29) is 36.2 Å². The highest BCUT2D eigenvalue weighted by Gasteiger charge is 2.48. The predicted molar refractivity (Wildman–Crippen MR) is 115 cm³/mol. The van der Waals surface area contributed by atoms with E-state index in [9.17, 15) is 13.9 Å². The van der Waals surface area contributed by atoms with Gasteiger partial charge in [-0.25, -0.2) is 13.8 Å². The van der Waals surface area contributed by atoms with E-state index in [1.807, 2.05) is 19.9 Å². The average Bonchev–Trinajstić information content (AvgIpc) is 3.45. The van der Waals surface area contributed by atoms with Crippen molar-refractivity contribution in [3.05, 3.63) is 53.6 Å². The molecule has 1 unspecified atom stereocenters. The van der Waals surface area contributed by atoms with E-state index in [1.54, 1.807) is 18.2 Å². The molecular weight excluding hydrogens is 418 g/mol. The van der Waals surface area contributed by atoms with Crippen LogP contribution in [-0.4, -0.2) is 52.7 Å². The molecule has 2 aliphatic rings. The largest absolute Gasteiger partial charge is 0.470 e. The second-order valence-corrected chi connectivity index (χ2v) is 8.06. The number of nitrogens with one attached hydrogen (secondary N) is 1. The van der Waals surface area contributed by atoms with Gasteiger partial charge in [-0.1, -0.05) is 13.0 Å². The van der Waals surface area contributed by atoms with Crippen molar-refractivity contribution in [2.45, 2.75) is 44.7 Å². The maximum absolute atomic E-state index is 14.9. The summed E-state index contributed by atoms with van der Waals surface area (Å²) in [5, 5.41) is 9.87. The number of aromatic nitrogens is 2. The summed E-state index contributed by atoms with van der Waals surface area (Å²) in [4.78, 5) is 7.55. The minimum atomic E-state index is -0.655. The molecule has 4 heterocycles. The summed E-state index contributed by atoms with van der Waals surface area (Å²) >= 11 is 0. The van der Waals surface area contributed by atoms with Gasteiger partial charge < -0.3 is 24.3 Å². The highest BCUT2D eigenvalue weighted by molar-refractivity contribution is 5.81. The summed E-state index contributed by atoms with van der Waals surface area (Å²) in [7, 11) is 0. The van der Waals surface area contributed by atoms with E-state index in [4.69, 9.17) is 14.2 Å². The molecule has 0 spiro atoms. The molecule has 0 bridgehead atoms. The first-order valence-electron chi connectivity index (χ1n) is 10.7. The van der Waals surface area contributed by atoms with Crippen LogP contribution in [0.1, 0.15) is 25.8 Å². The molecule has 168 valence electrons. The highest BCUT2D eigenvalue weighted by Crippen LogP contribution is 2.33. The average molecular weight is 442 g/mol. The van der Waals surface area contributed by atoms with Crippen molar-refractivity contribution in [2.75, 3.05) is 13.2 Å². The van der Waals surface area contributed by atoms with E-state index in [2.05, 4.69) is 9.97 Å². The van der Waals surface area contributed by atoms with Crippen LogP contribution in [-0.2, 0) is 9.47 Å². The number of pyridine rings is 1. The van der Waals surface area contributed by atoms with Gasteiger partial charge in [-0.15, -0.1) is 0 Å². The van der Waals surface area contributed by atoms with Crippen LogP contribution in [0.5, 0.6) is 5.88 Å². The Labute approximate surface area is 183 Å². The van der Waals surface area contributed by atoms with Crippen molar-refractivity contribution in [3.63, 3.8) is 0 Å². The first-order chi connectivity index (χ1) is 15.5. The Hall–Kier alpha value is -2.81. The van der Waals surface area contributed by atoms with Gasteiger partial charge in [-0.2, -0.15) is 0 Å². The van der Waals surface area contributed by atoms with Gasteiger partial charge in [0.25, 0.3) is 0 Å². The monoisotopic (exact) mass is 442 g/mol. The zero-order chi connectivity index (χ0) is 22.4. The molecule has 2 N–H and O–H groups in total. The first-order valence-corrected chi connectivity index (χ1v) is 10.7. The fraction of sp³-hybridized carbons (Fsp3) is 0.375. The molecule has 2 aromatic heterocycles. The van der Waals surface area contributed by atoms with E-state index >= 15 is 0 Å². The van der Waals surface area contributed by atoms with Crippen molar-refractivity contribution < 1.29 is 28.1 Å². The van der Waals surface area contributed by atoms with E-state index in [1.165, 1.54) is 12.1 Å². The number of halogens is 2. The Bertz CT molecular complexity index is 1170. The van der Waals surface area contributed by atoms with Gasteiger partial charge in [0.2, 0.25) is 0 Å². The molecule has 5 rings (SSSR count). The van der Waals surface area contributed by atoms with Crippen molar-refractivity contribution in [3.8, 4) is 17.1 Å². The van der Waals surface area contributed by atoms with Gasteiger partial charge in [0.15, 0.2) is 12.0 Å². The summed E-state index contributed by atoms with van der Waals surface area (Å²) in [6.45, 7) is 4.31. The number of H-pyrrole nitrogens is 1. The predicted octanol–water partition coefficient (Wildman–Crippen LogP) is 4.23. The van der Waals surface area contributed by atoms with Crippen LogP contribution < -0.4 is 4.74 Å². The highest BCUT2D eigenvalue weighted by atomic mass is 19.1. The number of hydrogen-bond donors (Lipinski definition) is 2. The molecule has 0 saturated carbocycles. The lowest BCUT2D eigenvalue weighted by molar-refractivity contribution is 0.00794. The van der Waals surface area contributed by atoms with Crippen LogP contribution in [0.3, 0.4) is 0 Å². The number of allylic oxidation sites excluding steroid dienone is 2. The number of aliphatic hydroxyl groups is 1. The zero-order valence-electron chi connectivity index (χ0n) is 17.8. The minimum absolute atomic E-state index is 0.161. The van der Waals surface area contributed by atoms with Gasteiger partial charge in [0.1, 0.15) is 29.9 Å².